The van der Waals surface area contributed by atoms with Crippen LogP contribution in [0.15, 0.2) is 0 Å². The van der Waals surface area contributed by atoms with Gasteiger partial charge in [0.15, 0.2) is 0 Å². The van der Waals surface area contributed by atoms with Crippen LogP contribution in [0.3, 0.4) is 0 Å². The lowest BCUT2D eigenvalue weighted by atomic mass is 11.4. The standard InChI is InChI=1S/C3H5NO2S/c1-4-3-7(2,5)6/h3H2,2H3. The summed E-state index contributed by atoms with van der Waals surface area (Å²) in [5.74, 6) is -0.396. The fraction of sp³-hybridized carbons (Fsp3) is 0.667. The van der Waals surface area contributed by atoms with Crippen LogP contribution in [0.5, 0.6) is 0 Å². The Bertz CT molecular complexity index is 174. The predicted molar refractivity (Wildman–Crippen MR) is 26.3 cm³/mol. The molecule has 0 heterocycles. The first-order valence-corrected chi connectivity index (χ1v) is 3.63. The molecule has 0 aliphatic heterocycles. The molecule has 3 nitrogen and oxygen atoms in total. The molecule has 0 spiro atoms. The first kappa shape index (κ1) is 6.44. The van der Waals surface area contributed by atoms with Gasteiger partial charge in [-0.05, 0) is 0 Å². The molecule has 0 bridgehead atoms. The van der Waals surface area contributed by atoms with E-state index in [1.54, 1.807) is 0 Å². The van der Waals surface area contributed by atoms with E-state index in [0.717, 1.165) is 6.26 Å². The summed E-state index contributed by atoms with van der Waals surface area (Å²) in [5.41, 5.74) is 0. The molecule has 0 N–H and O–H groups in total. The van der Waals surface area contributed by atoms with Crippen molar-refractivity contribution in [3.63, 3.8) is 0 Å². The Labute approximate surface area is 42.7 Å². The van der Waals surface area contributed by atoms with Gasteiger partial charge in [-0.3, -0.25) is 4.85 Å². The van der Waals surface area contributed by atoms with Gasteiger partial charge in [-0.1, -0.05) is 0 Å². The Morgan fingerprint density at radius 3 is 2.14 bits per heavy atom. The first-order valence-electron chi connectivity index (χ1n) is 1.57. The molecular formula is C3H5NO2S. The van der Waals surface area contributed by atoms with Gasteiger partial charge in [0, 0.05) is 6.26 Å². The Balaban J connectivity index is 3.92. The Morgan fingerprint density at radius 1 is 1.71 bits per heavy atom. The third-order valence-corrected chi connectivity index (χ3v) is 0.897. The minimum absolute atomic E-state index is 0.396. The highest BCUT2D eigenvalue weighted by Gasteiger charge is 2.00. The zero-order valence-electron chi connectivity index (χ0n) is 3.88. The van der Waals surface area contributed by atoms with E-state index < -0.39 is 15.7 Å². The highest BCUT2D eigenvalue weighted by molar-refractivity contribution is 7.90. The zero-order valence-corrected chi connectivity index (χ0v) is 4.70. The molecule has 0 aromatic heterocycles. The molecule has 0 rings (SSSR count). The van der Waals surface area contributed by atoms with Gasteiger partial charge in [-0.25, -0.2) is 15.0 Å². The van der Waals surface area contributed by atoms with Gasteiger partial charge in [-0.15, -0.1) is 0 Å². The van der Waals surface area contributed by atoms with Gasteiger partial charge in [-0.2, -0.15) is 0 Å². The number of nitrogens with zero attached hydrogens (tertiary/aromatic N) is 1. The van der Waals surface area contributed by atoms with E-state index in [4.69, 9.17) is 6.57 Å². The minimum atomic E-state index is -3.03. The Kier molecular flexibility index (Phi) is 1.78. The number of hydrogen-bond donors (Lipinski definition) is 0. The van der Waals surface area contributed by atoms with E-state index in [1.165, 1.54) is 0 Å². The molecule has 0 aliphatic rings. The molecule has 0 atom stereocenters. The van der Waals surface area contributed by atoms with Crippen molar-refractivity contribution < 1.29 is 8.42 Å². The van der Waals surface area contributed by atoms with Crippen LogP contribution in [0.1, 0.15) is 0 Å². The van der Waals surface area contributed by atoms with E-state index in [0.29, 0.717) is 0 Å². The quantitative estimate of drug-likeness (QED) is 0.452. The van der Waals surface area contributed by atoms with Gasteiger partial charge >= 0.3 is 5.88 Å². The first-order chi connectivity index (χ1) is 3.06. The van der Waals surface area contributed by atoms with Crippen LogP contribution in [0.25, 0.3) is 4.85 Å². The molecule has 0 fully saturated rings. The molecule has 0 aromatic rings. The average molecular weight is 119 g/mol. The molecule has 0 aliphatic carbocycles. The second-order valence-electron chi connectivity index (χ2n) is 1.21. The fourth-order valence-corrected chi connectivity index (χ4v) is 0.352. The van der Waals surface area contributed by atoms with Crippen LogP contribution < -0.4 is 0 Å². The second kappa shape index (κ2) is 1.94. The number of rotatable bonds is 1. The number of sulfone groups is 1. The van der Waals surface area contributed by atoms with E-state index in [9.17, 15) is 8.42 Å². The summed E-state index contributed by atoms with van der Waals surface area (Å²) in [4.78, 5) is 2.67. The lowest BCUT2D eigenvalue weighted by Gasteiger charge is -1.76. The summed E-state index contributed by atoms with van der Waals surface area (Å²) in [7, 11) is -3.03. The van der Waals surface area contributed by atoms with Crippen molar-refractivity contribution in [1.29, 1.82) is 0 Å². The summed E-state index contributed by atoms with van der Waals surface area (Å²) in [6.45, 7) is 6.10. The van der Waals surface area contributed by atoms with Crippen molar-refractivity contribution in [1.82, 2.24) is 0 Å². The van der Waals surface area contributed by atoms with Gasteiger partial charge in [0.25, 0.3) is 0 Å². The van der Waals surface area contributed by atoms with Gasteiger partial charge in [0.2, 0.25) is 9.84 Å². The molecule has 0 unspecified atom stereocenters. The van der Waals surface area contributed by atoms with E-state index in [2.05, 4.69) is 4.85 Å². The molecule has 7 heavy (non-hydrogen) atoms. The molecule has 0 radical (unpaired) electrons. The van der Waals surface area contributed by atoms with Crippen molar-refractivity contribution in [3.8, 4) is 0 Å². The monoisotopic (exact) mass is 119 g/mol. The maximum Gasteiger partial charge on any atom is 0.311 e. The maximum absolute atomic E-state index is 10.0. The van der Waals surface area contributed by atoms with Crippen molar-refractivity contribution in [2.24, 2.45) is 0 Å². The summed E-state index contributed by atoms with van der Waals surface area (Å²) in [5, 5.41) is 0. The van der Waals surface area contributed by atoms with Crippen molar-refractivity contribution in [3.05, 3.63) is 11.4 Å². The summed E-state index contributed by atoms with van der Waals surface area (Å²) >= 11 is 0. The van der Waals surface area contributed by atoms with Gasteiger partial charge in [0.05, 0.1) is 0 Å². The van der Waals surface area contributed by atoms with Crippen molar-refractivity contribution in [2.45, 2.75) is 0 Å². The fourth-order valence-electron chi connectivity index (χ4n) is 0.117. The van der Waals surface area contributed by atoms with E-state index in [1.807, 2.05) is 0 Å². The normalized spacial score (nSPS) is 10.3. The van der Waals surface area contributed by atoms with Crippen molar-refractivity contribution >= 4 is 9.84 Å². The maximum atomic E-state index is 10.0. The van der Waals surface area contributed by atoms with E-state index >= 15 is 0 Å². The zero-order chi connectivity index (χ0) is 5.91. The summed E-state index contributed by atoms with van der Waals surface area (Å²) in [6, 6.07) is 0. The van der Waals surface area contributed by atoms with Crippen LogP contribution in [0, 0.1) is 6.57 Å². The van der Waals surface area contributed by atoms with Gasteiger partial charge in [0.1, 0.15) is 0 Å². The van der Waals surface area contributed by atoms with E-state index in [-0.39, 0.29) is 0 Å². The van der Waals surface area contributed by atoms with Gasteiger partial charge < -0.3 is 0 Å². The van der Waals surface area contributed by atoms with Crippen LogP contribution in [-0.4, -0.2) is 20.6 Å². The minimum Gasteiger partial charge on any atom is -0.300 e. The number of hydrogen-bond acceptors (Lipinski definition) is 2. The van der Waals surface area contributed by atoms with Crippen LogP contribution in [0.2, 0.25) is 0 Å². The molecular weight excluding hydrogens is 114 g/mol. The van der Waals surface area contributed by atoms with Crippen LogP contribution in [0.4, 0.5) is 0 Å². The molecule has 0 saturated carbocycles. The highest BCUT2D eigenvalue weighted by Crippen LogP contribution is 1.79. The largest absolute Gasteiger partial charge is 0.311 e. The smallest absolute Gasteiger partial charge is 0.300 e. The topological polar surface area (TPSA) is 38.5 Å². The predicted octanol–water partition coefficient (Wildman–Crippen LogP) is -0.0922. The Morgan fingerprint density at radius 2 is 2.14 bits per heavy atom. The highest BCUT2D eigenvalue weighted by atomic mass is 32.2. The van der Waals surface area contributed by atoms with Crippen molar-refractivity contribution in [2.75, 3.05) is 12.1 Å². The van der Waals surface area contributed by atoms with Crippen LogP contribution >= 0.6 is 0 Å². The molecule has 0 amide bonds. The lowest BCUT2D eigenvalue weighted by Crippen LogP contribution is -1.96. The molecule has 40 valence electrons. The SMILES string of the molecule is [C-]#[N+]CS(C)(=O)=O. The Hall–Kier alpha value is -0.560. The summed E-state index contributed by atoms with van der Waals surface area (Å²) in [6.07, 6.45) is 1.03. The molecule has 0 aromatic carbocycles. The molecule has 0 saturated heterocycles. The lowest BCUT2D eigenvalue weighted by molar-refractivity contribution is 0.604. The van der Waals surface area contributed by atoms with Crippen LogP contribution in [-0.2, 0) is 9.84 Å². The molecule has 4 heteroatoms. The average Bonchev–Trinajstić information content (AvgIpc) is 1.30. The third kappa shape index (κ3) is 5.44. The summed E-state index contributed by atoms with van der Waals surface area (Å²) < 4.78 is 20.0. The third-order valence-electron chi connectivity index (χ3n) is 0.299. The second-order valence-corrected chi connectivity index (χ2v) is 3.32.